The summed E-state index contributed by atoms with van der Waals surface area (Å²) in [5.74, 6) is 0.261. The van der Waals surface area contributed by atoms with Crippen LogP contribution in [0.25, 0.3) is 17.2 Å². The number of amides is 1. The zero-order valence-electron chi connectivity index (χ0n) is 19.1. The Bertz CT molecular complexity index is 1110. The van der Waals surface area contributed by atoms with Crippen molar-refractivity contribution >= 4 is 17.9 Å². The number of phenols is 1. The van der Waals surface area contributed by atoms with E-state index in [2.05, 4.69) is 48.3 Å². The molecule has 0 aliphatic heterocycles. The minimum absolute atomic E-state index is 0.0416. The van der Waals surface area contributed by atoms with Crippen LogP contribution in [0.15, 0.2) is 72.8 Å². The third kappa shape index (κ3) is 4.87. The first-order chi connectivity index (χ1) is 16.1. The molecule has 4 rings (SSSR count). The normalized spacial score (nSPS) is 12.4. The largest absolute Gasteiger partial charge is 0.507 e. The summed E-state index contributed by atoms with van der Waals surface area (Å²) in [6.45, 7) is 6.54. The van der Waals surface area contributed by atoms with Gasteiger partial charge in [0.2, 0.25) is 0 Å². The Morgan fingerprint density at radius 3 is 2.24 bits per heavy atom. The number of hydrogen-bond donors (Lipinski definition) is 2. The number of benzene rings is 3. The standard InChI is InChI=1S/C28H30N2O3/c1-3-30(4-2)21-16-15-20(27(31)18-21)10-9-17-29-28(32)33-19-26-24-13-7-5-11-22(24)23-12-6-8-14-25(23)26/h5-16,18,26,31H,3-4,17,19H2,1-2H3,(H,29,32). The van der Waals surface area contributed by atoms with Gasteiger partial charge in [0.15, 0.2) is 0 Å². The first kappa shape index (κ1) is 22.5. The number of hydrogen-bond acceptors (Lipinski definition) is 4. The predicted molar refractivity (Wildman–Crippen MR) is 134 cm³/mol. The highest BCUT2D eigenvalue weighted by molar-refractivity contribution is 5.79. The van der Waals surface area contributed by atoms with Gasteiger partial charge in [-0.1, -0.05) is 60.7 Å². The Balaban J connectivity index is 1.31. The molecule has 5 nitrogen and oxygen atoms in total. The molecule has 0 aromatic heterocycles. The Kier molecular flexibility index (Phi) is 6.98. The molecule has 0 atom stereocenters. The highest BCUT2D eigenvalue weighted by Crippen LogP contribution is 2.44. The van der Waals surface area contributed by atoms with E-state index in [1.807, 2.05) is 36.4 Å². The van der Waals surface area contributed by atoms with Crippen LogP contribution in [0.2, 0.25) is 0 Å². The quantitative estimate of drug-likeness (QED) is 0.463. The van der Waals surface area contributed by atoms with Crippen molar-refractivity contribution in [1.29, 1.82) is 0 Å². The molecule has 0 unspecified atom stereocenters. The maximum atomic E-state index is 12.3. The van der Waals surface area contributed by atoms with Gasteiger partial charge in [-0.15, -0.1) is 0 Å². The molecule has 0 heterocycles. The summed E-state index contributed by atoms with van der Waals surface area (Å²) in [6, 6.07) is 22.2. The number of nitrogens with zero attached hydrogens (tertiary/aromatic N) is 1. The molecule has 0 saturated heterocycles. The summed E-state index contributed by atoms with van der Waals surface area (Å²) in [4.78, 5) is 14.4. The van der Waals surface area contributed by atoms with Gasteiger partial charge in [-0.25, -0.2) is 4.79 Å². The van der Waals surface area contributed by atoms with Crippen LogP contribution in [0.3, 0.4) is 0 Å². The third-order valence-corrected chi connectivity index (χ3v) is 6.15. The van der Waals surface area contributed by atoms with E-state index < -0.39 is 6.09 Å². The Hall–Kier alpha value is -3.73. The van der Waals surface area contributed by atoms with Crippen molar-refractivity contribution in [3.63, 3.8) is 0 Å². The number of alkyl carbamates (subject to hydrolysis) is 1. The molecule has 1 amide bonds. The molecule has 3 aromatic rings. The van der Waals surface area contributed by atoms with Crippen molar-refractivity contribution in [2.45, 2.75) is 19.8 Å². The van der Waals surface area contributed by atoms with E-state index in [1.165, 1.54) is 22.3 Å². The van der Waals surface area contributed by atoms with Crippen LogP contribution in [0.1, 0.15) is 36.5 Å². The fourth-order valence-corrected chi connectivity index (χ4v) is 4.44. The molecule has 0 bridgehead atoms. The Morgan fingerprint density at radius 1 is 1.00 bits per heavy atom. The minimum Gasteiger partial charge on any atom is -0.507 e. The molecule has 0 spiro atoms. The number of phenolic OH excluding ortho intramolecular Hbond substituents is 1. The van der Waals surface area contributed by atoms with Gasteiger partial charge in [0.25, 0.3) is 0 Å². The average molecular weight is 443 g/mol. The molecular formula is C28H30N2O3. The van der Waals surface area contributed by atoms with Crippen molar-refractivity contribution < 1.29 is 14.6 Å². The maximum Gasteiger partial charge on any atom is 0.407 e. The molecule has 0 saturated carbocycles. The van der Waals surface area contributed by atoms with Gasteiger partial charge in [-0.2, -0.15) is 0 Å². The fourth-order valence-electron chi connectivity index (χ4n) is 4.44. The van der Waals surface area contributed by atoms with E-state index in [1.54, 1.807) is 18.2 Å². The SMILES string of the molecule is CCN(CC)c1ccc(C=CCNC(=O)OCC2c3ccccc3-c3ccccc32)c(O)c1. The van der Waals surface area contributed by atoms with Crippen LogP contribution < -0.4 is 10.2 Å². The van der Waals surface area contributed by atoms with Gasteiger partial charge in [0, 0.05) is 42.9 Å². The summed E-state index contributed by atoms with van der Waals surface area (Å²) in [7, 11) is 0. The summed E-state index contributed by atoms with van der Waals surface area (Å²) in [5, 5.41) is 13.1. The summed E-state index contributed by atoms with van der Waals surface area (Å²) in [5.41, 5.74) is 6.49. The smallest absolute Gasteiger partial charge is 0.407 e. The van der Waals surface area contributed by atoms with Crippen molar-refractivity contribution in [3.8, 4) is 16.9 Å². The minimum atomic E-state index is -0.456. The third-order valence-electron chi connectivity index (χ3n) is 6.15. The fraction of sp³-hybridized carbons (Fsp3) is 0.250. The number of ether oxygens (including phenoxy) is 1. The second-order valence-corrected chi connectivity index (χ2v) is 8.02. The van der Waals surface area contributed by atoms with E-state index in [-0.39, 0.29) is 18.3 Å². The zero-order chi connectivity index (χ0) is 23.2. The lowest BCUT2D eigenvalue weighted by Gasteiger charge is -2.21. The van der Waals surface area contributed by atoms with E-state index in [0.717, 1.165) is 18.8 Å². The van der Waals surface area contributed by atoms with E-state index >= 15 is 0 Å². The van der Waals surface area contributed by atoms with Gasteiger partial charge >= 0.3 is 6.09 Å². The number of carbonyl (C=O) groups is 1. The molecular weight excluding hydrogens is 412 g/mol. The highest BCUT2D eigenvalue weighted by Gasteiger charge is 2.28. The number of fused-ring (bicyclic) bond motifs is 3. The van der Waals surface area contributed by atoms with E-state index in [9.17, 15) is 9.90 Å². The van der Waals surface area contributed by atoms with E-state index in [0.29, 0.717) is 12.1 Å². The van der Waals surface area contributed by atoms with Crippen molar-refractivity contribution in [2.24, 2.45) is 0 Å². The Morgan fingerprint density at radius 2 is 1.64 bits per heavy atom. The van der Waals surface area contributed by atoms with Crippen LogP contribution in [-0.4, -0.2) is 37.4 Å². The number of rotatable bonds is 8. The number of nitrogens with one attached hydrogen (secondary N) is 1. The molecule has 5 heteroatoms. The van der Waals surface area contributed by atoms with Gasteiger partial charge in [0.1, 0.15) is 12.4 Å². The van der Waals surface area contributed by atoms with Gasteiger partial charge in [-0.3, -0.25) is 0 Å². The molecule has 2 N–H and O–H groups in total. The summed E-state index contributed by atoms with van der Waals surface area (Å²) >= 11 is 0. The first-order valence-corrected chi connectivity index (χ1v) is 11.5. The molecule has 0 radical (unpaired) electrons. The molecule has 1 aliphatic rings. The number of aromatic hydroxyl groups is 1. The number of anilines is 1. The van der Waals surface area contributed by atoms with Crippen LogP contribution >= 0.6 is 0 Å². The Labute approximate surface area is 195 Å². The lowest BCUT2D eigenvalue weighted by molar-refractivity contribution is 0.144. The average Bonchev–Trinajstić information content (AvgIpc) is 3.16. The first-order valence-electron chi connectivity index (χ1n) is 11.5. The second-order valence-electron chi connectivity index (χ2n) is 8.02. The van der Waals surface area contributed by atoms with Gasteiger partial charge in [-0.05, 0) is 48.2 Å². The monoisotopic (exact) mass is 442 g/mol. The van der Waals surface area contributed by atoms with Crippen molar-refractivity contribution in [3.05, 3.63) is 89.5 Å². The summed E-state index contributed by atoms with van der Waals surface area (Å²) < 4.78 is 5.54. The molecule has 3 aromatic carbocycles. The highest BCUT2D eigenvalue weighted by atomic mass is 16.5. The van der Waals surface area contributed by atoms with Crippen LogP contribution in [0, 0.1) is 0 Å². The van der Waals surface area contributed by atoms with Crippen molar-refractivity contribution in [1.82, 2.24) is 5.32 Å². The molecule has 0 fully saturated rings. The van der Waals surface area contributed by atoms with Crippen LogP contribution in [0.4, 0.5) is 10.5 Å². The van der Waals surface area contributed by atoms with Crippen LogP contribution in [-0.2, 0) is 4.74 Å². The molecule has 33 heavy (non-hydrogen) atoms. The molecule has 170 valence electrons. The zero-order valence-corrected chi connectivity index (χ0v) is 19.1. The maximum absolute atomic E-state index is 12.3. The number of carbonyl (C=O) groups excluding carboxylic acids is 1. The predicted octanol–water partition coefficient (Wildman–Crippen LogP) is 5.79. The topological polar surface area (TPSA) is 61.8 Å². The lowest BCUT2D eigenvalue weighted by atomic mass is 9.98. The van der Waals surface area contributed by atoms with E-state index in [4.69, 9.17) is 4.74 Å². The molecule has 1 aliphatic carbocycles. The van der Waals surface area contributed by atoms with Crippen LogP contribution in [0.5, 0.6) is 5.75 Å². The van der Waals surface area contributed by atoms with Gasteiger partial charge in [0.05, 0.1) is 0 Å². The van der Waals surface area contributed by atoms with Crippen molar-refractivity contribution in [2.75, 3.05) is 31.1 Å². The second kappa shape index (κ2) is 10.3. The lowest BCUT2D eigenvalue weighted by Crippen LogP contribution is -2.26. The van der Waals surface area contributed by atoms with Gasteiger partial charge < -0.3 is 20.1 Å². The summed E-state index contributed by atoms with van der Waals surface area (Å²) in [6.07, 6.45) is 3.14.